The van der Waals surface area contributed by atoms with E-state index in [1.54, 1.807) is 0 Å². The van der Waals surface area contributed by atoms with E-state index >= 15 is 0 Å². The minimum absolute atomic E-state index is 0.160. The number of nitrogens with one attached hydrogen (secondary N) is 2. The largest absolute Gasteiger partial charge is 0.336 e. The number of amides is 1. The van der Waals surface area contributed by atoms with Crippen molar-refractivity contribution in [3.63, 3.8) is 0 Å². The van der Waals surface area contributed by atoms with E-state index < -0.39 is 0 Å². The van der Waals surface area contributed by atoms with Crippen LogP contribution in [-0.2, 0) is 50.0 Å². The van der Waals surface area contributed by atoms with Gasteiger partial charge in [-0.3, -0.25) is 9.48 Å². The average molecular weight is 432 g/mol. The summed E-state index contributed by atoms with van der Waals surface area (Å²) in [5.41, 5.74) is 7.40. The van der Waals surface area contributed by atoms with Crippen LogP contribution in [-0.4, -0.2) is 54.6 Å². The molecule has 3 heterocycles. The Hall–Kier alpha value is -3.00. The van der Waals surface area contributed by atoms with E-state index in [0.29, 0.717) is 38.1 Å². The molecule has 0 fully saturated rings. The van der Waals surface area contributed by atoms with E-state index in [0.717, 1.165) is 49.9 Å². The van der Waals surface area contributed by atoms with Crippen LogP contribution < -0.4 is 5.32 Å². The van der Waals surface area contributed by atoms with E-state index in [-0.39, 0.29) is 5.91 Å². The molecule has 0 radical (unpaired) electrons. The summed E-state index contributed by atoms with van der Waals surface area (Å²) in [5.74, 6) is 0.160. The summed E-state index contributed by atoms with van der Waals surface area (Å²) in [6, 6.07) is 9.82. The van der Waals surface area contributed by atoms with Crippen molar-refractivity contribution >= 4 is 5.91 Å². The van der Waals surface area contributed by atoms with Gasteiger partial charge in [-0.05, 0) is 42.4 Å². The predicted molar refractivity (Wildman–Crippen MR) is 119 cm³/mol. The monoisotopic (exact) mass is 431 g/mol. The second-order valence-electron chi connectivity index (χ2n) is 9.38. The first-order valence-corrected chi connectivity index (χ1v) is 11.8. The Morgan fingerprint density at radius 2 is 1.81 bits per heavy atom. The van der Waals surface area contributed by atoms with Gasteiger partial charge in [0, 0.05) is 50.6 Å². The van der Waals surface area contributed by atoms with Crippen molar-refractivity contribution in [1.82, 2.24) is 35.4 Å². The van der Waals surface area contributed by atoms with Crippen LogP contribution in [0.25, 0.3) is 0 Å². The second-order valence-corrected chi connectivity index (χ2v) is 9.38. The Morgan fingerprint density at radius 1 is 1.00 bits per heavy atom. The van der Waals surface area contributed by atoms with Crippen LogP contribution in [0.15, 0.2) is 30.5 Å². The number of aromatic nitrogens is 5. The number of fused-ring (bicyclic) bond motifs is 3. The quantitative estimate of drug-likeness (QED) is 0.640. The number of rotatable bonds is 5. The van der Waals surface area contributed by atoms with Crippen molar-refractivity contribution in [2.75, 3.05) is 6.54 Å². The van der Waals surface area contributed by atoms with Crippen LogP contribution in [0.3, 0.4) is 0 Å². The third kappa shape index (κ3) is 3.83. The van der Waals surface area contributed by atoms with Crippen LogP contribution in [0.5, 0.6) is 0 Å². The van der Waals surface area contributed by atoms with Crippen molar-refractivity contribution in [2.45, 2.75) is 70.1 Å². The molecule has 0 spiro atoms. The van der Waals surface area contributed by atoms with E-state index in [2.05, 4.69) is 51.2 Å². The highest BCUT2D eigenvalue weighted by molar-refractivity contribution is 5.76. The zero-order valence-corrected chi connectivity index (χ0v) is 18.3. The van der Waals surface area contributed by atoms with Crippen molar-refractivity contribution in [2.24, 2.45) is 0 Å². The summed E-state index contributed by atoms with van der Waals surface area (Å²) in [4.78, 5) is 14.6. The molecule has 6 rings (SSSR count). The van der Waals surface area contributed by atoms with Gasteiger partial charge in [0.05, 0.1) is 17.9 Å². The number of carbonyl (C=O) groups is 1. The summed E-state index contributed by atoms with van der Waals surface area (Å²) >= 11 is 0. The maximum Gasteiger partial charge on any atom is 0.224 e. The number of H-pyrrole nitrogens is 1. The number of nitrogens with zero attached hydrogens (tertiary/aromatic N) is 5. The third-order valence-corrected chi connectivity index (χ3v) is 7.22. The zero-order chi connectivity index (χ0) is 21.5. The van der Waals surface area contributed by atoms with Crippen LogP contribution in [0.1, 0.15) is 46.6 Å². The van der Waals surface area contributed by atoms with Gasteiger partial charge in [0.2, 0.25) is 5.91 Å². The number of benzene rings is 1. The highest BCUT2D eigenvalue weighted by atomic mass is 16.2. The van der Waals surface area contributed by atoms with Crippen LogP contribution in [0, 0.1) is 0 Å². The first kappa shape index (κ1) is 19.7. The van der Waals surface area contributed by atoms with Crippen molar-refractivity contribution in [1.29, 1.82) is 0 Å². The molecule has 0 bridgehead atoms. The van der Waals surface area contributed by atoms with Gasteiger partial charge in [-0.1, -0.05) is 24.3 Å². The Morgan fingerprint density at radius 3 is 2.66 bits per heavy atom. The van der Waals surface area contributed by atoms with Gasteiger partial charge < -0.3 is 10.2 Å². The molecule has 2 aromatic heterocycles. The second kappa shape index (κ2) is 8.16. The van der Waals surface area contributed by atoms with Crippen LogP contribution >= 0.6 is 0 Å². The Labute approximate surface area is 187 Å². The first-order valence-electron chi connectivity index (χ1n) is 11.8. The van der Waals surface area contributed by atoms with Crippen LogP contribution in [0.2, 0.25) is 0 Å². The maximum absolute atomic E-state index is 12.7. The number of hydrogen-bond donors (Lipinski definition) is 2. The summed E-state index contributed by atoms with van der Waals surface area (Å²) in [5, 5.41) is 19.7. The lowest BCUT2D eigenvalue weighted by Crippen LogP contribution is -2.42. The van der Waals surface area contributed by atoms with Gasteiger partial charge in [-0.15, -0.1) is 0 Å². The van der Waals surface area contributed by atoms with Gasteiger partial charge in [-0.25, -0.2) is 0 Å². The lowest BCUT2D eigenvalue weighted by Gasteiger charge is -2.26. The van der Waals surface area contributed by atoms with Gasteiger partial charge in [0.15, 0.2) is 0 Å². The van der Waals surface area contributed by atoms with E-state index in [4.69, 9.17) is 5.10 Å². The number of aromatic amines is 1. The molecule has 8 heteroatoms. The Kier molecular flexibility index (Phi) is 5.02. The smallest absolute Gasteiger partial charge is 0.224 e. The molecule has 32 heavy (non-hydrogen) atoms. The first-order chi connectivity index (χ1) is 15.7. The van der Waals surface area contributed by atoms with Gasteiger partial charge >= 0.3 is 0 Å². The molecule has 1 aliphatic heterocycles. The average Bonchev–Trinajstić information content (AvgIpc) is 3.53. The molecule has 1 unspecified atom stereocenters. The molecule has 1 aromatic carbocycles. The predicted octanol–water partition coefficient (Wildman–Crippen LogP) is 1.59. The van der Waals surface area contributed by atoms with Gasteiger partial charge in [-0.2, -0.15) is 20.5 Å². The molecule has 3 aromatic rings. The number of hydrogen-bond acceptors (Lipinski definition) is 5. The maximum atomic E-state index is 12.7. The minimum atomic E-state index is 0.160. The molecular weight excluding hydrogens is 402 g/mol. The molecule has 3 aliphatic rings. The lowest BCUT2D eigenvalue weighted by atomic mass is 9.93. The topological polar surface area (TPSA) is 91.7 Å². The lowest BCUT2D eigenvalue weighted by molar-refractivity contribution is -0.132. The molecule has 1 atom stereocenters. The molecule has 2 aliphatic carbocycles. The zero-order valence-electron chi connectivity index (χ0n) is 18.3. The van der Waals surface area contributed by atoms with E-state index in [9.17, 15) is 4.79 Å². The molecule has 8 nitrogen and oxygen atoms in total. The fourth-order valence-electron chi connectivity index (χ4n) is 5.50. The normalized spacial score (nSPS) is 20.1. The summed E-state index contributed by atoms with van der Waals surface area (Å²) < 4.78 is 1.97. The molecule has 2 N–H and O–H groups in total. The summed E-state index contributed by atoms with van der Waals surface area (Å²) in [7, 11) is 0. The Balaban J connectivity index is 1.02. The molecule has 166 valence electrons. The van der Waals surface area contributed by atoms with Crippen molar-refractivity contribution in [3.05, 3.63) is 64.2 Å². The van der Waals surface area contributed by atoms with E-state index in [1.165, 1.54) is 22.4 Å². The third-order valence-electron chi connectivity index (χ3n) is 7.22. The fourth-order valence-corrected chi connectivity index (χ4v) is 5.50. The Bertz CT molecular complexity index is 1110. The van der Waals surface area contributed by atoms with Gasteiger partial charge in [0.25, 0.3) is 0 Å². The molecular formula is C24H29N7O. The summed E-state index contributed by atoms with van der Waals surface area (Å²) in [6.45, 7) is 1.90. The fraction of sp³-hybridized carbons (Fsp3) is 0.500. The standard InChI is InChI=1S/C24H29N7O/c32-24(30-9-7-21-23(15-30)27-29-26-21)8-10-31-14-18-5-6-19(13-22(18)28-31)25-20-11-16-3-1-2-4-17(16)12-20/h1-4,14,19-20,25H,5-13,15H2,(H,26,27,29). The number of aryl methyl sites for hydroxylation is 2. The highest BCUT2D eigenvalue weighted by Gasteiger charge is 2.28. The molecule has 0 saturated carbocycles. The van der Waals surface area contributed by atoms with Crippen molar-refractivity contribution < 1.29 is 4.79 Å². The highest BCUT2D eigenvalue weighted by Crippen LogP contribution is 2.25. The van der Waals surface area contributed by atoms with E-state index in [1.807, 2.05) is 9.58 Å². The SMILES string of the molecule is O=C(CCn1cc2c(n1)CC(NC1Cc3ccccc3C1)CC2)N1CCc2n[nH]nc2C1. The molecule has 1 amide bonds. The minimum Gasteiger partial charge on any atom is -0.336 e. The molecule has 0 saturated heterocycles. The van der Waals surface area contributed by atoms with Gasteiger partial charge in [0.1, 0.15) is 5.69 Å². The number of carbonyl (C=O) groups excluding carboxylic acids is 1. The van der Waals surface area contributed by atoms with Crippen molar-refractivity contribution in [3.8, 4) is 0 Å². The summed E-state index contributed by atoms with van der Waals surface area (Å²) in [6.07, 6.45) is 8.83. The van der Waals surface area contributed by atoms with Crippen LogP contribution in [0.4, 0.5) is 0 Å².